The molecule has 1 heterocycles. The first-order chi connectivity index (χ1) is 5.33. The number of rotatable bonds is 1. The van der Waals surface area contributed by atoms with Gasteiger partial charge in [0.1, 0.15) is 0 Å². The molecule has 1 N–H and O–H groups in total. The minimum Gasteiger partial charge on any atom is -0.469 e. The van der Waals surface area contributed by atoms with Crippen LogP contribution in [0.15, 0.2) is 0 Å². The molecular weight excluding hydrogens is 142 g/mol. The average molecular weight is 155 g/mol. The third-order valence-corrected chi connectivity index (χ3v) is 2.97. The standard InChI is InChI=1S/C8H13NO2/c1-11-8(10)6-2-5-3-9-4-7(5)6/h5-7,9H,2-4H2,1H3/t5-,6+,7+/m0/s1. The fourth-order valence-corrected chi connectivity index (χ4v) is 2.21. The van der Waals surface area contributed by atoms with E-state index in [2.05, 4.69) is 5.32 Å². The van der Waals surface area contributed by atoms with Crippen LogP contribution in [0.4, 0.5) is 0 Å². The Morgan fingerprint density at radius 3 is 3.00 bits per heavy atom. The molecular formula is C8H13NO2. The first-order valence-corrected chi connectivity index (χ1v) is 4.11. The summed E-state index contributed by atoms with van der Waals surface area (Å²) in [4.78, 5) is 11.1. The molecule has 0 aromatic carbocycles. The maximum Gasteiger partial charge on any atom is 0.309 e. The molecule has 0 amide bonds. The lowest BCUT2D eigenvalue weighted by Crippen LogP contribution is -2.41. The van der Waals surface area contributed by atoms with Crippen molar-refractivity contribution in [3.8, 4) is 0 Å². The third kappa shape index (κ3) is 0.948. The Bertz CT molecular complexity index is 181. The summed E-state index contributed by atoms with van der Waals surface area (Å²) in [5.74, 6) is 1.50. The van der Waals surface area contributed by atoms with Crippen molar-refractivity contribution >= 4 is 5.97 Å². The molecule has 1 aliphatic carbocycles. The minimum absolute atomic E-state index is 0.0186. The highest BCUT2D eigenvalue weighted by molar-refractivity contribution is 5.74. The van der Waals surface area contributed by atoms with Crippen LogP contribution in [0.3, 0.4) is 0 Å². The lowest BCUT2D eigenvalue weighted by molar-refractivity contribution is -0.153. The quantitative estimate of drug-likeness (QED) is 0.542. The van der Waals surface area contributed by atoms with E-state index in [1.807, 2.05) is 0 Å². The molecule has 2 fully saturated rings. The average Bonchev–Trinajstić information content (AvgIpc) is 2.32. The van der Waals surface area contributed by atoms with Crippen molar-refractivity contribution in [1.29, 1.82) is 0 Å². The van der Waals surface area contributed by atoms with Crippen molar-refractivity contribution < 1.29 is 9.53 Å². The largest absolute Gasteiger partial charge is 0.469 e. The molecule has 0 bridgehead atoms. The molecule has 1 saturated carbocycles. The molecule has 0 unspecified atom stereocenters. The van der Waals surface area contributed by atoms with Crippen LogP contribution in [0, 0.1) is 17.8 Å². The number of methoxy groups -OCH3 is 1. The van der Waals surface area contributed by atoms with E-state index in [4.69, 9.17) is 4.74 Å². The molecule has 2 aliphatic rings. The van der Waals surface area contributed by atoms with Gasteiger partial charge in [-0.15, -0.1) is 0 Å². The van der Waals surface area contributed by atoms with E-state index in [0.717, 1.165) is 25.4 Å². The van der Waals surface area contributed by atoms with Gasteiger partial charge in [0, 0.05) is 0 Å². The highest BCUT2D eigenvalue weighted by Crippen LogP contribution is 2.42. The fourth-order valence-electron chi connectivity index (χ4n) is 2.21. The summed E-state index contributed by atoms with van der Waals surface area (Å²) < 4.78 is 4.70. The van der Waals surface area contributed by atoms with Crippen molar-refractivity contribution in [2.75, 3.05) is 20.2 Å². The minimum atomic E-state index is -0.0186. The van der Waals surface area contributed by atoms with Gasteiger partial charge in [-0.3, -0.25) is 4.79 Å². The molecule has 2 rings (SSSR count). The van der Waals surface area contributed by atoms with Gasteiger partial charge >= 0.3 is 5.97 Å². The van der Waals surface area contributed by atoms with E-state index in [1.165, 1.54) is 7.11 Å². The summed E-state index contributed by atoms with van der Waals surface area (Å²) in [6.07, 6.45) is 1.03. The normalized spacial score (nSPS) is 41.0. The number of hydrogen-bond donors (Lipinski definition) is 1. The molecule has 3 atom stereocenters. The number of nitrogens with one attached hydrogen (secondary N) is 1. The maximum absolute atomic E-state index is 11.1. The van der Waals surface area contributed by atoms with Crippen molar-refractivity contribution in [2.45, 2.75) is 6.42 Å². The van der Waals surface area contributed by atoms with E-state index in [1.54, 1.807) is 0 Å². The van der Waals surface area contributed by atoms with Gasteiger partial charge in [0.15, 0.2) is 0 Å². The van der Waals surface area contributed by atoms with Crippen molar-refractivity contribution in [3.63, 3.8) is 0 Å². The Morgan fingerprint density at radius 2 is 2.36 bits per heavy atom. The van der Waals surface area contributed by atoms with Crippen LogP contribution in [0.2, 0.25) is 0 Å². The highest BCUT2D eigenvalue weighted by atomic mass is 16.5. The van der Waals surface area contributed by atoms with E-state index < -0.39 is 0 Å². The third-order valence-electron chi connectivity index (χ3n) is 2.97. The second-order valence-electron chi connectivity index (χ2n) is 3.45. The van der Waals surface area contributed by atoms with E-state index >= 15 is 0 Å². The van der Waals surface area contributed by atoms with Crippen molar-refractivity contribution in [2.24, 2.45) is 17.8 Å². The SMILES string of the molecule is COC(=O)[C@@H]1C[C@H]2CNC[C@H]21. The molecule has 1 saturated heterocycles. The maximum atomic E-state index is 11.1. The Kier molecular flexibility index (Phi) is 1.60. The van der Waals surface area contributed by atoms with Crippen LogP contribution < -0.4 is 5.32 Å². The molecule has 3 heteroatoms. The molecule has 0 radical (unpaired) electrons. The zero-order valence-electron chi connectivity index (χ0n) is 6.67. The van der Waals surface area contributed by atoms with Gasteiger partial charge in [-0.1, -0.05) is 0 Å². The zero-order chi connectivity index (χ0) is 7.84. The van der Waals surface area contributed by atoms with Crippen LogP contribution in [-0.4, -0.2) is 26.2 Å². The first kappa shape index (κ1) is 7.10. The fraction of sp³-hybridized carbons (Fsp3) is 0.875. The number of esters is 1. The van der Waals surface area contributed by atoms with Crippen molar-refractivity contribution in [1.82, 2.24) is 5.32 Å². The predicted octanol–water partition coefficient (Wildman–Crippen LogP) is 0.0149. The monoisotopic (exact) mass is 155 g/mol. The lowest BCUT2D eigenvalue weighted by Gasteiger charge is -2.37. The molecule has 0 aromatic heterocycles. The van der Waals surface area contributed by atoms with Gasteiger partial charge < -0.3 is 10.1 Å². The van der Waals surface area contributed by atoms with E-state index in [-0.39, 0.29) is 11.9 Å². The van der Waals surface area contributed by atoms with Gasteiger partial charge in [0.2, 0.25) is 0 Å². The smallest absolute Gasteiger partial charge is 0.309 e. The molecule has 62 valence electrons. The second kappa shape index (κ2) is 2.48. The molecule has 0 spiro atoms. The Hall–Kier alpha value is -0.570. The Morgan fingerprint density at radius 1 is 1.55 bits per heavy atom. The predicted molar refractivity (Wildman–Crippen MR) is 40.0 cm³/mol. The summed E-state index contributed by atoms with van der Waals surface area (Å²) in [5, 5.41) is 3.29. The summed E-state index contributed by atoms with van der Waals surface area (Å²) in [6.45, 7) is 2.10. The van der Waals surface area contributed by atoms with Crippen LogP contribution in [0.1, 0.15) is 6.42 Å². The lowest BCUT2D eigenvalue weighted by atomic mass is 9.67. The van der Waals surface area contributed by atoms with Gasteiger partial charge in [0.25, 0.3) is 0 Å². The molecule has 0 aromatic rings. The Labute approximate surface area is 66.1 Å². The number of ether oxygens (including phenoxy) is 1. The number of carbonyl (C=O) groups is 1. The van der Waals surface area contributed by atoms with Gasteiger partial charge in [-0.25, -0.2) is 0 Å². The molecule has 3 nitrogen and oxygen atoms in total. The summed E-state index contributed by atoms with van der Waals surface area (Å²) in [5.41, 5.74) is 0. The molecule has 1 aliphatic heterocycles. The summed E-state index contributed by atoms with van der Waals surface area (Å²) in [6, 6.07) is 0. The first-order valence-electron chi connectivity index (χ1n) is 4.11. The van der Waals surface area contributed by atoms with Gasteiger partial charge in [0.05, 0.1) is 13.0 Å². The van der Waals surface area contributed by atoms with Crippen molar-refractivity contribution in [3.05, 3.63) is 0 Å². The number of hydrogen-bond acceptors (Lipinski definition) is 3. The summed E-state index contributed by atoms with van der Waals surface area (Å²) in [7, 11) is 1.47. The Balaban J connectivity index is 1.94. The van der Waals surface area contributed by atoms with E-state index in [0.29, 0.717) is 5.92 Å². The van der Waals surface area contributed by atoms with Crippen LogP contribution in [0.5, 0.6) is 0 Å². The van der Waals surface area contributed by atoms with Gasteiger partial charge in [-0.05, 0) is 31.3 Å². The van der Waals surface area contributed by atoms with Crippen LogP contribution >= 0.6 is 0 Å². The summed E-state index contributed by atoms with van der Waals surface area (Å²) >= 11 is 0. The van der Waals surface area contributed by atoms with Gasteiger partial charge in [-0.2, -0.15) is 0 Å². The highest BCUT2D eigenvalue weighted by Gasteiger charge is 2.47. The second-order valence-corrected chi connectivity index (χ2v) is 3.45. The topological polar surface area (TPSA) is 38.3 Å². The van der Waals surface area contributed by atoms with Crippen LogP contribution in [0.25, 0.3) is 0 Å². The number of fused-ring (bicyclic) bond motifs is 1. The zero-order valence-corrected chi connectivity index (χ0v) is 6.67. The molecule has 11 heavy (non-hydrogen) atoms. The van der Waals surface area contributed by atoms with Crippen LogP contribution in [-0.2, 0) is 9.53 Å². The van der Waals surface area contributed by atoms with E-state index in [9.17, 15) is 4.79 Å². The number of carbonyl (C=O) groups excluding carboxylic acids is 1.